The van der Waals surface area contributed by atoms with E-state index < -0.39 is 17.8 Å². The predicted molar refractivity (Wildman–Crippen MR) is 104 cm³/mol. The predicted octanol–water partition coefficient (Wildman–Crippen LogP) is 3.75. The summed E-state index contributed by atoms with van der Waals surface area (Å²) in [5, 5.41) is 2.80. The summed E-state index contributed by atoms with van der Waals surface area (Å²) in [5.74, 6) is -0.229. The van der Waals surface area contributed by atoms with Crippen LogP contribution in [0.15, 0.2) is 59.0 Å². The summed E-state index contributed by atoms with van der Waals surface area (Å²) < 4.78 is 23.6. The zero-order valence-electron chi connectivity index (χ0n) is 16.1. The van der Waals surface area contributed by atoms with Gasteiger partial charge in [0.05, 0.1) is 31.7 Å². The van der Waals surface area contributed by atoms with Gasteiger partial charge < -0.3 is 14.5 Å². The molecule has 1 atom stereocenters. The van der Waals surface area contributed by atoms with Crippen LogP contribution in [0.2, 0.25) is 0 Å². The highest BCUT2D eigenvalue weighted by Crippen LogP contribution is 2.22. The number of methoxy groups -OCH3 is 1. The van der Waals surface area contributed by atoms with Crippen molar-refractivity contribution in [2.75, 3.05) is 7.11 Å². The Morgan fingerprint density at radius 2 is 1.83 bits per heavy atom. The Hall–Kier alpha value is -3.48. The van der Waals surface area contributed by atoms with Gasteiger partial charge >= 0.3 is 5.97 Å². The number of esters is 1. The fourth-order valence-electron chi connectivity index (χ4n) is 2.89. The third kappa shape index (κ3) is 5.28. The van der Waals surface area contributed by atoms with Gasteiger partial charge in [-0.05, 0) is 36.8 Å². The van der Waals surface area contributed by atoms with Crippen LogP contribution in [0.5, 0.6) is 0 Å². The number of nitrogens with zero attached hydrogens (tertiary/aromatic N) is 1. The van der Waals surface area contributed by atoms with E-state index in [0.717, 1.165) is 5.56 Å². The van der Waals surface area contributed by atoms with E-state index >= 15 is 0 Å². The first-order valence-corrected chi connectivity index (χ1v) is 9.09. The quantitative estimate of drug-likeness (QED) is 0.615. The van der Waals surface area contributed by atoms with Crippen molar-refractivity contribution in [2.45, 2.75) is 25.8 Å². The lowest BCUT2D eigenvalue weighted by Crippen LogP contribution is -2.31. The summed E-state index contributed by atoms with van der Waals surface area (Å²) in [6, 6.07) is 14.4. The molecule has 1 amide bonds. The van der Waals surface area contributed by atoms with Gasteiger partial charge in [-0.3, -0.25) is 9.59 Å². The smallest absolute Gasteiger partial charge is 0.307 e. The van der Waals surface area contributed by atoms with Crippen LogP contribution in [0, 0.1) is 12.7 Å². The number of carbonyl (C=O) groups excluding carboxylic acids is 2. The number of rotatable bonds is 7. The highest BCUT2D eigenvalue weighted by Gasteiger charge is 2.21. The number of carbonyl (C=O) groups is 2. The second-order valence-corrected chi connectivity index (χ2v) is 6.52. The molecule has 2 aromatic carbocycles. The van der Waals surface area contributed by atoms with Crippen molar-refractivity contribution in [1.82, 2.24) is 10.3 Å². The van der Waals surface area contributed by atoms with Crippen LogP contribution in [0.25, 0.3) is 11.5 Å². The van der Waals surface area contributed by atoms with Gasteiger partial charge in [-0.15, -0.1) is 0 Å². The number of ether oxygens (including phenoxy) is 1. The minimum atomic E-state index is -0.642. The Morgan fingerprint density at radius 3 is 2.48 bits per heavy atom. The molecule has 150 valence electrons. The molecule has 6 nitrogen and oxygen atoms in total. The monoisotopic (exact) mass is 396 g/mol. The highest BCUT2D eigenvalue weighted by atomic mass is 19.1. The first-order valence-electron chi connectivity index (χ1n) is 9.09. The van der Waals surface area contributed by atoms with Crippen molar-refractivity contribution >= 4 is 11.9 Å². The summed E-state index contributed by atoms with van der Waals surface area (Å²) in [7, 11) is 1.27. The van der Waals surface area contributed by atoms with Crippen molar-refractivity contribution in [3.05, 3.63) is 77.4 Å². The second kappa shape index (κ2) is 9.14. The largest absolute Gasteiger partial charge is 0.469 e. The van der Waals surface area contributed by atoms with Crippen molar-refractivity contribution in [3.8, 4) is 11.5 Å². The number of amides is 1. The molecule has 29 heavy (non-hydrogen) atoms. The van der Waals surface area contributed by atoms with Crippen LogP contribution < -0.4 is 5.32 Å². The zero-order valence-corrected chi connectivity index (χ0v) is 16.1. The summed E-state index contributed by atoms with van der Waals surface area (Å²) in [4.78, 5) is 28.8. The Bertz CT molecular complexity index is 984. The lowest BCUT2D eigenvalue weighted by Gasteiger charge is -2.18. The van der Waals surface area contributed by atoms with Crippen molar-refractivity contribution in [3.63, 3.8) is 0 Å². The number of hydrogen-bond acceptors (Lipinski definition) is 5. The maximum absolute atomic E-state index is 13.2. The van der Waals surface area contributed by atoms with E-state index in [1.54, 1.807) is 6.92 Å². The number of hydrogen-bond donors (Lipinski definition) is 1. The van der Waals surface area contributed by atoms with E-state index in [9.17, 15) is 14.0 Å². The minimum Gasteiger partial charge on any atom is -0.469 e. The van der Waals surface area contributed by atoms with E-state index in [0.29, 0.717) is 22.9 Å². The normalized spacial score (nSPS) is 11.7. The first-order chi connectivity index (χ1) is 14.0. The molecule has 0 aliphatic rings. The van der Waals surface area contributed by atoms with Gasteiger partial charge in [0.25, 0.3) is 0 Å². The molecule has 0 saturated carbocycles. The molecule has 7 heteroatoms. The summed E-state index contributed by atoms with van der Waals surface area (Å²) >= 11 is 0. The molecule has 0 saturated heterocycles. The van der Waals surface area contributed by atoms with Crippen molar-refractivity contribution < 1.29 is 23.1 Å². The molecular weight excluding hydrogens is 375 g/mol. The Labute approximate surface area is 167 Å². The van der Waals surface area contributed by atoms with Crippen LogP contribution >= 0.6 is 0 Å². The molecule has 3 rings (SSSR count). The summed E-state index contributed by atoms with van der Waals surface area (Å²) in [6.07, 6.45) is -0.0814. The Morgan fingerprint density at radius 1 is 1.14 bits per heavy atom. The van der Waals surface area contributed by atoms with E-state index in [1.165, 1.54) is 31.4 Å². The van der Waals surface area contributed by atoms with Crippen molar-refractivity contribution in [1.29, 1.82) is 0 Å². The third-order valence-electron chi connectivity index (χ3n) is 4.45. The molecule has 0 spiro atoms. The topological polar surface area (TPSA) is 81.4 Å². The van der Waals surface area contributed by atoms with Gasteiger partial charge in [-0.1, -0.05) is 30.3 Å². The number of oxazole rings is 1. The maximum Gasteiger partial charge on any atom is 0.307 e. The maximum atomic E-state index is 13.2. The molecule has 0 aliphatic heterocycles. The molecule has 0 fully saturated rings. The molecule has 3 aromatic rings. The highest BCUT2D eigenvalue weighted by molar-refractivity contribution is 5.80. The van der Waals surface area contributed by atoms with Crippen LogP contribution in [-0.4, -0.2) is 24.0 Å². The summed E-state index contributed by atoms with van der Waals surface area (Å²) in [6.45, 7) is 1.74. The van der Waals surface area contributed by atoms with Crippen LogP contribution in [0.1, 0.15) is 29.5 Å². The fourth-order valence-corrected chi connectivity index (χ4v) is 2.89. The summed E-state index contributed by atoms with van der Waals surface area (Å²) in [5.41, 5.74) is 1.93. The lowest BCUT2D eigenvalue weighted by molar-refractivity contribution is -0.141. The first kappa shape index (κ1) is 20.3. The molecule has 1 unspecified atom stereocenters. The zero-order chi connectivity index (χ0) is 20.8. The van der Waals surface area contributed by atoms with Crippen LogP contribution in [0.4, 0.5) is 4.39 Å². The lowest BCUT2D eigenvalue weighted by atomic mass is 10.0. The van der Waals surface area contributed by atoms with E-state index in [4.69, 9.17) is 9.15 Å². The number of aromatic nitrogens is 1. The molecular formula is C22H21FN2O4. The molecule has 0 bridgehead atoms. The number of nitrogens with one attached hydrogen (secondary N) is 1. The van der Waals surface area contributed by atoms with Gasteiger partial charge in [0, 0.05) is 5.56 Å². The molecule has 1 aromatic heterocycles. The van der Waals surface area contributed by atoms with Gasteiger partial charge in [0.15, 0.2) is 0 Å². The van der Waals surface area contributed by atoms with E-state index in [-0.39, 0.29) is 18.7 Å². The van der Waals surface area contributed by atoms with Gasteiger partial charge in [-0.25, -0.2) is 9.37 Å². The van der Waals surface area contributed by atoms with Crippen LogP contribution in [-0.2, 0) is 20.7 Å². The molecule has 0 aliphatic carbocycles. The van der Waals surface area contributed by atoms with Gasteiger partial charge in [0.2, 0.25) is 11.8 Å². The molecule has 1 N–H and O–H groups in total. The number of halogens is 1. The average Bonchev–Trinajstić information content (AvgIpc) is 3.09. The Balaban J connectivity index is 1.74. The van der Waals surface area contributed by atoms with Gasteiger partial charge in [0.1, 0.15) is 11.6 Å². The Kier molecular flexibility index (Phi) is 6.39. The standard InChI is InChI=1S/C22H21FN2O4/c1-14-18(25-22(29-14)16-6-4-3-5-7-16)12-20(26)24-19(13-21(27)28-2)15-8-10-17(23)11-9-15/h3-11,19H,12-13H2,1-2H3,(H,24,26). The molecule has 1 heterocycles. The van der Waals surface area contributed by atoms with Gasteiger partial charge in [-0.2, -0.15) is 0 Å². The van der Waals surface area contributed by atoms with E-state index in [2.05, 4.69) is 10.3 Å². The second-order valence-electron chi connectivity index (χ2n) is 6.52. The number of aryl methyl sites for hydroxylation is 1. The SMILES string of the molecule is COC(=O)CC(NC(=O)Cc1nc(-c2ccccc2)oc1C)c1ccc(F)cc1. The molecule has 0 radical (unpaired) electrons. The minimum absolute atomic E-state index is 0.0129. The van der Waals surface area contributed by atoms with Crippen molar-refractivity contribution in [2.24, 2.45) is 0 Å². The number of benzene rings is 2. The fraction of sp³-hybridized carbons (Fsp3) is 0.227. The average molecular weight is 396 g/mol. The van der Waals surface area contributed by atoms with E-state index in [1.807, 2.05) is 30.3 Å². The third-order valence-corrected chi connectivity index (χ3v) is 4.45. The van der Waals surface area contributed by atoms with Crippen LogP contribution in [0.3, 0.4) is 0 Å².